The fourth-order valence-electron chi connectivity index (χ4n) is 4.75. The summed E-state index contributed by atoms with van der Waals surface area (Å²) in [5.41, 5.74) is 6.79. The summed E-state index contributed by atoms with van der Waals surface area (Å²) in [6, 6.07) is 17.1. The first-order chi connectivity index (χ1) is 15.6. The van der Waals surface area contributed by atoms with Gasteiger partial charge in [-0.2, -0.15) is 0 Å². The Hall–Kier alpha value is -2.76. The van der Waals surface area contributed by atoms with Crippen LogP contribution in [0.1, 0.15) is 30.4 Å². The standard InChI is InChI=1S/C27H29N3OS/c1-19-16-20(2)18-23(17-19)21-6-8-22(9-7-21)26-28-24-10-15-32-25(24)27(31)30(26)14-13-29-11-4-3-5-12-29/h6-10,15-18H,3-5,11-14H2,1-2H3. The lowest BCUT2D eigenvalue weighted by atomic mass is 9.99. The lowest BCUT2D eigenvalue weighted by Gasteiger charge is -2.27. The number of thiophene rings is 1. The van der Waals surface area contributed by atoms with Crippen molar-refractivity contribution in [3.05, 3.63) is 75.4 Å². The summed E-state index contributed by atoms with van der Waals surface area (Å²) in [5, 5.41) is 1.96. The number of hydrogen-bond donors (Lipinski definition) is 0. The van der Waals surface area contributed by atoms with Gasteiger partial charge in [0.1, 0.15) is 10.5 Å². The fraction of sp³-hybridized carbons (Fsp3) is 0.333. The number of nitrogens with zero attached hydrogens (tertiary/aromatic N) is 3. The predicted molar refractivity (Wildman–Crippen MR) is 135 cm³/mol. The molecule has 0 N–H and O–H groups in total. The van der Waals surface area contributed by atoms with Crippen LogP contribution in [0, 0.1) is 13.8 Å². The quantitative estimate of drug-likeness (QED) is 0.386. The monoisotopic (exact) mass is 443 g/mol. The van der Waals surface area contributed by atoms with Gasteiger partial charge in [-0.1, -0.05) is 60.0 Å². The molecule has 2 aromatic heterocycles. The fourth-order valence-corrected chi connectivity index (χ4v) is 5.53. The van der Waals surface area contributed by atoms with Gasteiger partial charge in [0.2, 0.25) is 0 Å². The van der Waals surface area contributed by atoms with E-state index in [-0.39, 0.29) is 5.56 Å². The van der Waals surface area contributed by atoms with E-state index in [1.54, 1.807) is 0 Å². The van der Waals surface area contributed by atoms with Crippen molar-refractivity contribution in [2.45, 2.75) is 39.7 Å². The number of piperidine rings is 1. The smallest absolute Gasteiger partial charge is 0.271 e. The minimum atomic E-state index is 0.0791. The number of fused-ring (bicyclic) bond motifs is 1. The molecule has 1 saturated heterocycles. The summed E-state index contributed by atoms with van der Waals surface area (Å²) in [5.74, 6) is 0.768. The SMILES string of the molecule is Cc1cc(C)cc(-c2ccc(-c3nc4ccsc4c(=O)n3CCN3CCCCC3)cc2)c1. The summed E-state index contributed by atoms with van der Waals surface area (Å²) < 4.78 is 2.64. The Morgan fingerprint density at radius 2 is 1.53 bits per heavy atom. The van der Waals surface area contributed by atoms with E-state index in [1.165, 1.54) is 52.9 Å². The van der Waals surface area contributed by atoms with Crippen molar-refractivity contribution in [2.24, 2.45) is 0 Å². The van der Waals surface area contributed by atoms with Crippen LogP contribution in [0.5, 0.6) is 0 Å². The zero-order valence-electron chi connectivity index (χ0n) is 18.8. The third-order valence-corrected chi connectivity index (χ3v) is 7.24. The molecule has 0 aliphatic carbocycles. The molecule has 0 atom stereocenters. The molecule has 0 bridgehead atoms. The van der Waals surface area contributed by atoms with Gasteiger partial charge >= 0.3 is 0 Å². The first-order valence-electron chi connectivity index (χ1n) is 11.5. The second kappa shape index (κ2) is 9.00. The molecule has 4 aromatic rings. The number of aromatic nitrogens is 2. The summed E-state index contributed by atoms with van der Waals surface area (Å²) in [4.78, 5) is 20.7. The number of benzene rings is 2. The third-order valence-electron chi connectivity index (χ3n) is 6.35. The van der Waals surface area contributed by atoms with Gasteiger partial charge in [-0.15, -0.1) is 11.3 Å². The highest BCUT2D eigenvalue weighted by molar-refractivity contribution is 7.17. The molecule has 32 heavy (non-hydrogen) atoms. The zero-order valence-corrected chi connectivity index (χ0v) is 19.6. The second-order valence-electron chi connectivity index (χ2n) is 8.88. The van der Waals surface area contributed by atoms with E-state index >= 15 is 0 Å². The maximum Gasteiger partial charge on any atom is 0.271 e. The molecule has 1 fully saturated rings. The molecule has 5 rings (SSSR count). The van der Waals surface area contributed by atoms with Gasteiger partial charge in [-0.05, 0) is 62.4 Å². The van der Waals surface area contributed by atoms with Crippen LogP contribution in [-0.4, -0.2) is 34.1 Å². The van der Waals surface area contributed by atoms with Crippen LogP contribution in [0.4, 0.5) is 0 Å². The molecule has 164 valence electrons. The Balaban J connectivity index is 1.51. The number of hydrogen-bond acceptors (Lipinski definition) is 4. The molecule has 0 unspecified atom stereocenters. The van der Waals surface area contributed by atoms with Crippen LogP contribution in [0.3, 0.4) is 0 Å². The maximum absolute atomic E-state index is 13.3. The van der Waals surface area contributed by atoms with E-state index in [9.17, 15) is 4.79 Å². The zero-order chi connectivity index (χ0) is 22.1. The van der Waals surface area contributed by atoms with Crippen LogP contribution in [0.25, 0.3) is 32.7 Å². The Morgan fingerprint density at radius 1 is 0.844 bits per heavy atom. The van der Waals surface area contributed by atoms with Gasteiger partial charge in [-0.25, -0.2) is 4.98 Å². The molecular weight excluding hydrogens is 414 g/mol. The Morgan fingerprint density at radius 3 is 2.25 bits per heavy atom. The summed E-state index contributed by atoms with van der Waals surface area (Å²) in [7, 11) is 0. The van der Waals surface area contributed by atoms with Crippen LogP contribution in [0.2, 0.25) is 0 Å². The lowest BCUT2D eigenvalue weighted by molar-refractivity contribution is 0.220. The van der Waals surface area contributed by atoms with E-state index in [0.29, 0.717) is 6.54 Å². The highest BCUT2D eigenvalue weighted by atomic mass is 32.1. The topological polar surface area (TPSA) is 38.1 Å². The van der Waals surface area contributed by atoms with E-state index in [0.717, 1.165) is 41.2 Å². The van der Waals surface area contributed by atoms with Gasteiger partial charge < -0.3 is 4.90 Å². The van der Waals surface area contributed by atoms with Crippen molar-refractivity contribution in [1.82, 2.24) is 14.5 Å². The molecule has 2 aromatic carbocycles. The Labute approximate surface area is 193 Å². The van der Waals surface area contributed by atoms with Gasteiger partial charge in [-0.3, -0.25) is 9.36 Å². The van der Waals surface area contributed by atoms with Crippen molar-refractivity contribution in [3.63, 3.8) is 0 Å². The molecule has 1 aliphatic heterocycles. The van der Waals surface area contributed by atoms with Gasteiger partial charge in [0.15, 0.2) is 0 Å². The minimum Gasteiger partial charge on any atom is -0.302 e. The first-order valence-corrected chi connectivity index (χ1v) is 12.4. The molecule has 3 heterocycles. The van der Waals surface area contributed by atoms with E-state index in [1.807, 2.05) is 16.0 Å². The largest absolute Gasteiger partial charge is 0.302 e. The van der Waals surface area contributed by atoms with Crippen LogP contribution < -0.4 is 5.56 Å². The van der Waals surface area contributed by atoms with E-state index < -0.39 is 0 Å². The third kappa shape index (κ3) is 4.27. The predicted octanol–water partition coefficient (Wildman–Crippen LogP) is 5.89. The van der Waals surface area contributed by atoms with Crippen LogP contribution in [0.15, 0.2) is 58.7 Å². The second-order valence-corrected chi connectivity index (χ2v) is 9.80. The molecule has 0 radical (unpaired) electrons. The van der Waals surface area contributed by atoms with Crippen molar-refractivity contribution in [1.29, 1.82) is 0 Å². The van der Waals surface area contributed by atoms with Crippen LogP contribution >= 0.6 is 11.3 Å². The molecule has 1 aliphatic rings. The molecule has 5 heteroatoms. The molecule has 4 nitrogen and oxygen atoms in total. The van der Waals surface area contributed by atoms with Crippen molar-refractivity contribution >= 4 is 21.6 Å². The van der Waals surface area contributed by atoms with Crippen molar-refractivity contribution in [3.8, 4) is 22.5 Å². The number of aryl methyl sites for hydroxylation is 2. The highest BCUT2D eigenvalue weighted by Crippen LogP contribution is 2.27. The first kappa shape index (κ1) is 21.1. The lowest BCUT2D eigenvalue weighted by Crippen LogP contribution is -2.35. The summed E-state index contributed by atoms with van der Waals surface area (Å²) in [6.07, 6.45) is 3.82. The Kier molecular flexibility index (Phi) is 5.94. The van der Waals surface area contributed by atoms with Crippen molar-refractivity contribution in [2.75, 3.05) is 19.6 Å². The summed E-state index contributed by atoms with van der Waals surface area (Å²) >= 11 is 1.49. The highest BCUT2D eigenvalue weighted by Gasteiger charge is 2.16. The van der Waals surface area contributed by atoms with E-state index in [4.69, 9.17) is 4.98 Å². The number of rotatable bonds is 5. The average molecular weight is 444 g/mol. The normalized spacial score (nSPS) is 14.8. The van der Waals surface area contributed by atoms with Gasteiger partial charge in [0, 0.05) is 18.7 Å². The average Bonchev–Trinajstić information content (AvgIpc) is 3.28. The number of likely N-dealkylation sites (tertiary alicyclic amines) is 1. The molecular formula is C27H29N3OS. The van der Waals surface area contributed by atoms with Gasteiger partial charge in [0.05, 0.1) is 5.52 Å². The van der Waals surface area contributed by atoms with Crippen molar-refractivity contribution < 1.29 is 0 Å². The van der Waals surface area contributed by atoms with E-state index in [2.05, 4.69) is 61.2 Å². The molecule has 0 amide bonds. The van der Waals surface area contributed by atoms with Crippen LogP contribution in [-0.2, 0) is 6.54 Å². The Bertz CT molecular complexity index is 1280. The molecule has 0 spiro atoms. The summed E-state index contributed by atoms with van der Waals surface area (Å²) in [6.45, 7) is 8.09. The van der Waals surface area contributed by atoms with Gasteiger partial charge in [0.25, 0.3) is 5.56 Å². The minimum absolute atomic E-state index is 0.0791. The molecule has 0 saturated carbocycles. The maximum atomic E-state index is 13.3.